The maximum absolute atomic E-state index is 11.8. The molecule has 1 heterocycles. The molecule has 4 heteroatoms. The highest BCUT2D eigenvalue weighted by Crippen LogP contribution is 2.19. The Hall–Kier alpha value is -2.23. The molecule has 2 rings (SSSR count). The highest BCUT2D eigenvalue weighted by molar-refractivity contribution is 6.02. The zero-order valence-electron chi connectivity index (χ0n) is 9.78. The SMILES string of the molecule is Cc1cccc(NC(=O)c2ccc(N)o2)c1C. The van der Waals surface area contributed by atoms with E-state index in [1.807, 2.05) is 32.0 Å². The average molecular weight is 230 g/mol. The Balaban J connectivity index is 2.21. The van der Waals surface area contributed by atoms with E-state index >= 15 is 0 Å². The van der Waals surface area contributed by atoms with Gasteiger partial charge in [0.05, 0.1) is 0 Å². The Morgan fingerprint density at radius 1 is 1.24 bits per heavy atom. The predicted molar refractivity (Wildman–Crippen MR) is 67.0 cm³/mol. The van der Waals surface area contributed by atoms with E-state index < -0.39 is 0 Å². The first-order valence-corrected chi connectivity index (χ1v) is 5.31. The number of nitrogen functional groups attached to an aromatic ring is 1. The molecule has 0 aliphatic carbocycles. The third kappa shape index (κ3) is 2.30. The summed E-state index contributed by atoms with van der Waals surface area (Å²) >= 11 is 0. The molecule has 0 atom stereocenters. The Labute approximate surface area is 99.4 Å². The molecule has 1 aromatic heterocycles. The lowest BCUT2D eigenvalue weighted by Crippen LogP contribution is -2.12. The van der Waals surface area contributed by atoms with Gasteiger partial charge in [-0.15, -0.1) is 0 Å². The predicted octanol–water partition coefficient (Wildman–Crippen LogP) is 2.73. The number of carbonyl (C=O) groups excluding carboxylic acids is 1. The molecule has 0 unspecified atom stereocenters. The van der Waals surface area contributed by atoms with Gasteiger partial charge in [0.25, 0.3) is 5.91 Å². The van der Waals surface area contributed by atoms with Crippen molar-refractivity contribution < 1.29 is 9.21 Å². The molecule has 2 aromatic rings. The summed E-state index contributed by atoms with van der Waals surface area (Å²) in [7, 11) is 0. The molecule has 3 N–H and O–H groups in total. The summed E-state index contributed by atoms with van der Waals surface area (Å²) < 4.78 is 5.05. The largest absolute Gasteiger partial charge is 0.436 e. The first kappa shape index (κ1) is 11.3. The van der Waals surface area contributed by atoms with Crippen LogP contribution in [-0.4, -0.2) is 5.91 Å². The van der Waals surface area contributed by atoms with Gasteiger partial charge in [0.15, 0.2) is 11.6 Å². The molecule has 0 saturated carbocycles. The highest BCUT2D eigenvalue weighted by atomic mass is 16.4. The first-order valence-electron chi connectivity index (χ1n) is 5.31. The Kier molecular flexibility index (Phi) is 2.87. The minimum absolute atomic E-state index is 0.211. The average Bonchev–Trinajstić information content (AvgIpc) is 2.72. The first-order chi connectivity index (χ1) is 8.08. The van der Waals surface area contributed by atoms with Gasteiger partial charge >= 0.3 is 0 Å². The quantitative estimate of drug-likeness (QED) is 0.833. The summed E-state index contributed by atoms with van der Waals surface area (Å²) in [5, 5.41) is 2.79. The van der Waals surface area contributed by atoms with E-state index in [4.69, 9.17) is 10.2 Å². The van der Waals surface area contributed by atoms with Gasteiger partial charge in [-0.2, -0.15) is 0 Å². The van der Waals surface area contributed by atoms with Crippen LogP contribution < -0.4 is 11.1 Å². The van der Waals surface area contributed by atoms with Crippen LogP contribution in [-0.2, 0) is 0 Å². The second kappa shape index (κ2) is 4.33. The molecule has 0 bridgehead atoms. The van der Waals surface area contributed by atoms with Gasteiger partial charge in [-0.3, -0.25) is 4.79 Å². The number of rotatable bonds is 2. The zero-order chi connectivity index (χ0) is 12.4. The molecule has 1 amide bonds. The lowest BCUT2D eigenvalue weighted by Gasteiger charge is -2.08. The molecule has 88 valence electrons. The molecule has 0 aliphatic heterocycles. The van der Waals surface area contributed by atoms with Gasteiger partial charge in [-0.05, 0) is 37.1 Å². The van der Waals surface area contributed by atoms with Crippen LogP contribution in [0.2, 0.25) is 0 Å². The van der Waals surface area contributed by atoms with E-state index in [1.165, 1.54) is 0 Å². The molecule has 0 aliphatic rings. The summed E-state index contributed by atoms with van der Waals surface area (Å²) in [6.07, 6.45) is 0. The van der Waals surface area contributed by atoms with Crippen molar-refractivity contribution in [3.05, 3.63) is 47.2 Å². The molecule has 0 spiro atoms. The molecule has 4 nitrogen and oxygen atoms in total. The van der Waals surface area contributed by atoms with Gasteiger partial charge in [0, 0.05) is 11.8 Å². The Morgan fingerprint density at radius 2 is 2.00 bits per heavy atom. The highest BCUT2D eigenvalue weighted by Gasteiger charge is 2.11. The number of anilines is 2. The van der Waals surface area contributed by atoms with Crippen molar-refractivity contribution in [3.63, 3.8) is 0 Å². The lowest BCUT2D eigenvalue weighted by atomic mass is 10.1. The summed E-state index contributed by atoms with van der Waals surface area (Å²) in [6, 6.07) is 8.85. The minimum Gasteiger partial charge on any atom is -0.436 e. The van der Waals surface area contributed by atoms with E-state index in [9.17, 15) is 4.79 Å². The fraction of sp³-hybridized carbons (Fsp3) is 0.154. The summed E-state index contributed by atoms with van der Waals surface area (Å²) in [4.78, 5) is 11.8. The van der Waals surface area contributed by atoms with Gasteiger partial charge in [-0.25, -0.2) is 0 Å². The second-order valence-electron chi connectivity index (χ2n) is 3.90. The molecule has 0 saturated heterocycles. The van der Waals surface area contributed by atoms with Crippen LogP contribution in [0.4, 0.5) is 11.6 Å². The topological polar surface area (TPSA) is 68.3 Å². The van der Waals surface area contributed by atoms with Crippen LogP contribution in [0, 0.1) is 13.8 Å². The van der Waals surface area contributed by atoms with Crippen molar-refractivity contribution in [3.8, 4) is 0 Å². The molecule has 0 radical (unpaired) electrons. The normalized spacial score (nSPS) is 10.2. The van der Waals surface area contributed by atoms with Gasteiger partial charge in [-0.1, -0.05) is 12.1 Å². The molecule has 0 fully saturated rings. The van der Waals surface area contributed by atoms with Crippen LogP contribution in [0.1, 0.15) is 21.7 Å². The second-order valence-corrected chi connectivity index (χ2v) is 3.90. The van der Waals surface area contributed by atoms with Crippen LogP contribution >= 0.6 is 0 Å². The van der Waals surface area contributed by atoms with Crippen molar-refractivity contribution in [1.82, 2.24) is 0 Å². The van der Waals surface area contributed by atoms with E-state index in [0.717, 1.165) is 16.8 Å². The monoisotopic (exact) mass is 230 g/mol. The third-order valence-electron chi connectivity index (χ3n) is 2.70. The Morgan fingerprint density at radius 3 is 2.65 bits per heavy atom. The van der Waals surface area contributed by atoms with Gasteiger partial charge in [0.1, 0.15) is 0 Å². The van der Waals surface area contributed by atoms with Crippen molar-refractivity contribution in [1.29, 1.82) is 0 Å². The number of furan rings is 1. The molecular weight excluding hydrogens is 216 g/mol. The number of carbonyl (C=O) groups is 1. The number of aryl methyl sites for hydroxylation is 1. The number of benzene rings is 1. The van der Waals surface area contributed by atoms with Crippen LogP contribution in [0.5, 0.6) is 0 Å². The van der Waals surface area contributed by atoms with E-state index in [2.05, 4.69) is 5.32 Å². The van der Waals surface area contributed by atoms with E-state index in [-0.39, 0.29) is 17.6 Å². The van der Waals surface area contributed by atoms with Crippen LogP contribution in [0.3, 0.4) is 0 Å². The number of nitrogens with one attached hydrogen (secondary N) is 1. The lowest BCUT2D eigenvalue weighted by molar-refractivity contribution is 0.0997. The standard InChI is InChI=1S/C13H14N2O2/c1-8-4-3-5-10(9(8)2)15-13(16)11-6-7-12(14)17-11/h3-7H,14H2,1-2H3,(H,15,16). The van der Waals surface area contributed by atoms with Crippen molar-refractivity contribution >= 4 is 17.5 Å². The summed E-state index contributed by atoms with van der Waals surface area (Å²) in [6.45, 7) is 3.96. The molecule has 1 aromatic carbocycles. The van der Waals surface area contributed by atoms with E-state index in [0.29, 0.717) is 0 Å². The van der Waals surface area contributed by atoms with Gasteiger partial charge < -0.3 is 15.5 Å². The fourth-order valence-electron chi connectivity index (χ4n) is 1.55. The van der Waals surface area contributed by atoms with E-state index in [1.54, 1.807) is 12.1 Å². The maximum atomic E-state index is 11.8. The number of nitrogens with two attached hydrogens (primary N) is 1. The number of hydrogen-bond acceptors (Lipinski definition) is 3. The Bertz CT molecular complexity index is 558. The molecular formula is C13H14N2O2. The third-order valence-corrected chi connectivity index (χ3v) is 2.70. The smallest absolute Gasteiger partial charge is 0.291 e. The summed E-state index contributed by atoms with van der Waals surface area (Å²) in [5.41, 5.74) is 8.37. The van der Waals surface area contributed by atoms with Crippen molar-refractivity contribution in [2.45, 2.75) is 13.8 Å². The maximum Gasteiger partial charge on any atom is 0.291 e. The van der Waals surface area contributed by atoms with Crippen molar-refractivity contribution in [2.75, 3.05) is 11.1 Å². The fourth-order valence-corrected chi connectivity index (χ4v) is 1.55. The molecule has 17 heavy (non-hydrogen) atoms. The number of hydrogen-bond donors (Lipinski definition) is 2. The van der Waals surface area contributed by atoms with Crippen molar-refractivity contribution in [2.24, 2.45) is 0 Å². The van der Waals surface area contributed by atoms with Crippen LogP contribution in [0.15, 0.2) is 34.7 Å². The number of amides is 1. The minimum atomic E-state index is -0.296. The summed E-state index contributed by atoms with van der Waals surface area (Å²) in [5.74, 6) is 0.148. The zero-order valence-corrected chi connectivity index (χ0v) is 9.78. The van der Waals surface area contributed by atoms with Gasteiger partial charge in [0.2, 0.25) is 0 Å². The van der Waals surface area contributed by atoms with Crippen LogP contribution in [0.25, 0.3) is 0 Å².